The van der Waals surface area contributed by atoms with Crippen LogP contribution >= 0.6 is 27.5 Å². The van der Waals surface area contributed by atoms with Crippen LogP contribution in [0.25, 0.3) is 0 Å². The van der Waals surface area contributed by atoms with Gasteiger partial charge < -0.3 is 9.84 Å². The molecular weight excluding hydrogens is 386 g/mol. The van der Waals surface area contributed by atoms with Crippen LogP contribution in [-0.2, 0) is 9.53 Å². The van der Waals surface area contributed by atoms with E-state index in [-0.39, 0.29) is 6.04 Å². The van der Waals surface area contributed by atoms with Crippen molar-refractivity contribution in [1.82, 2.24) is 4.90 Å². The van der Waals surface area contributed by atoms with Gasteiger partial charge in [-0.1, -0.05) is 33.6 Å². The largest absolute Gasteiger partial charge is 0.479 e. The van der Waals surface area contributed by atoms with Gasteiger partial charge in [-0.3, -0.25) is 4.90 Å². The Hall–Kier alpha value is -1.27. The number of hydrogen-bond donors (Lipinski definition) is 1. The zero-order valence-electron chi connectivity index (χ0n) is 13.2. The summed E-state index contributed by atoms with van der Waals surface area (Å²) >= 11 is 9.50. The Labute approximate surface area is 148 Å². The van der Waals surface area contributed by atoms with Crippen LogP contribution in [0.1, 0.15) is 45.2 Å². The summed E-state index contributed by atoms with van der Waals surface area (Å²) in [5, 5.41) is 9.99. The molecule has 0 radical (unpaired) electrons. The molecule has 0 aliphatic heterocycles. The summed E-state index contributed by atoms with van der Waals surface area (Å²) in [6.07, 6.45) is 0.889. The number of halogens is 2. The minimum atomic E-state index is -1.17. The Morgan fingerprint density at radius 3 is 2.43 bits per heavy atom. The van der Waals surface area contributed by atoms with Crippen molar-refractivity contribution < 1.29 is 19.4 Å². The van der Waals surface area contributed by atoms with Crippen molar-refractivity contribution >= 4 is 39.6 Å². The predicted molar refractivity (Wildman–Crippen MR) is 90.6 cm³/mol. The van der Waals surface area contributed by atoms with Crippen LogP contribution in [0.3, 0.4) is 0 Å². The van der Waals surface area contributed by atoms with Gasteiger partial charge in [0.05, 0.1) is 0 Å². The Morgan fingerprint density at radius 2 is 2.00 bits per heavy atom. The van der Waals surface area contributed by atoms with Gasteiger partial charge in [-0.2, -0.15) is 0 Å². The number of nitrogens with zero attached hydrogens (tertiary/aromatic N) is 1. The molecule has 1 aromatic rings. The molecule has 1 aliphatic rings. The van der Waals surface area contributed by atoms with Crippen LogP contribution in [-0.4, -0.2) is 33.7 Å². The summed E-state index contributed by atoms with van der Waals surface area (Å²) in [7, 11) is 0. The quantitative estimate of drug-likeness (QED) is 0.794. The molecule has 5 nitrogen and oxygen atoms in total. The minimum Gasteiger partial charge on any atom is -0.479 e. The molecule has 23 heavy (non-hydrogen) atoms. The Kier molecular flexibility index (Phi) is 5.26. The number of carboxylic acid groups (broad SMARTS) is 1. The molecule has 126 valence electrons. The number of amides is 1. The number of benzene rings is 1. The maximum absolute atomic E-state index is 12.5. The average Bonchev–Trinajstić information content (AvgIpc) is 3.18. The second-order valence-electron chi connectivity index (χ2n) is 6.53. The van der Waals surface area contributed by atoms with Crippen molar-refractivity contribution in [1.29, 1.82) is 0 Å². The SMILES string of the molecule is CC(C)(C)OC(=O)N(C1CC1)C(C(=O)O)c1ccc(Br)cc1Cl. The van der Waals surface area contributed by atoms with Gasteiger partial charge in [0.1, 0.15) is 5.60 Å². The number of carboxylic acids is 1. The van der Waals surface area contributed by atoms with Crippen LogP contribution in [0.15, 0.2) is 22.7 Å². The molecule has 0 saturated heterocycles. The normalized spacial score (nSPS) is 15.9. The van der Waals surface area contributed by atoms with Crippen LogP contribution < -0.4 is 0 Å². The molecule has 0 spiro atoms. The second-order valence-corrected chi connectivity index (χ2v) is 7.85. The lowest BCUT2D eigenvalue weighted by molar-refractivity contribution is -0.143. The van der Waals surface area contributed by atoms with Gasteiger partial charge in [0.15, 0.2) is 6.04 Å². The lowest BCUT2D eigenvalue weighted by Crippen LogP contribution is -2.43. The summed E-state index contributed by atoms with van der Waals surface area (Å²) in [4.78, 5) is 25.7. The highest BCUT2D eigenvalue weighted by molar-refractivity contribution is 9.10. The van der Waals surface area contributed by atoms with Gasteiger partial charge in [-0.15, -0.1) is 0 Å². The summed E-state index contributed by atoms with van der Waals surface area (Å²) in [6.45, 7) is 5.25. The van der Waals surface area contributed by atoms with Crippen LogP contribution in [0.5, 0.6) is 0 Å². The number of rotatable bonds is 4. The van der Waals surface area contributed by atoms with Crippen molar-refractivity contribution in [3.8, 4) is 0 Å². The molecular formula is C16H19BrClNO4. The number of carbonyl (C=O) groups excluding carboxylic acids is 1. The third kappa shape index (κ3) is 4.61. The van der Waals surface area contributed by atoms with E-state index >= 15 is 0 Å². The summed E-state index contributed by atoms with van der Waals surface area (Å²) in [5.41, 5.74) is -0.323. The van der Waals surface area contributed by atoms with Crippen molar-refractivity contribution in [2.75, 3.05) is 0 Å². The molecule has 7 heteroatoms. The molecule has 1 amide bonds. The van der Waals surface area contributed by atoms with Crippen LogP contribution in [0.2, 0.25) is 5.02 Å². The lowest BCUT2D eigenvalue weighted by Gasteiger charge is -2.32. The fraction of sp³-hybridized carbons (Fsp3) is 0.500. The predicted octanol–water partition coefficient (Wildman–Crippen LogP) is 4.63. The first-order chi connectivity index (χ1) is 10.6. The average molecular weight is 405 g/mol. The van der Waals surface area contributed by atoms with E-state index in [1.54, 1.807) is 39.0 Å². The molecule has 0 bridgehead atoms. The highest BCUT2D eigenvalue weighted by Crippen LogP contribution is 2.38. The highest BCUT2D eigenvalue weighted by Gasteiger charge is 2.44. The standard InChI is InChI=1S/C16H19BrClNO4/c1-16(2,3)23-15(22)19(10-5-6-10)13(14(20)21)11-7-4-9(17)8-12(11)18/h4,7-8,10,13H,5-6H2,1-3H3,(H,20,21). The van der Waals surface area contributed by atoms with Crippen LogP contribution in [0, 0.1) is 0 Å². The van der Waals surface area contributed by atoms with Crippen molar-refractivity contribution in [2.45, 2.75) is 51.3 Å². The van der Waals surface area contributed by atoms with Crippen molar-refractivity contribution in [2.24, 2.45) is 0 Å². The van der Waals surface area contributed by atoms with E-state index in [0.29, 0.717) is 10.6 Å². The first kappa shape index (κ1) is 18.1. The van der Waals surface area contributed by atoms with E-state index in [0.717, 1.165) is 17.3 Å². The highest BCUT2D eigenvalue weighted by atomic mass is 79.9. The van der Waals surface area contributed by atoms with Gasteiger partial charge in [0, 0.05) is 21.1 Å². The van der Waals surface area contributed by atoms with E-state index < -0.39 is 23.7 Å². The molecule has 1 saturated carbocycles. The maximum Gasteiger partial charge on any atom is 0.411 e. The molecule has 2 rings (SSSR count). The number of aliphatic carboxylic acids is 1. The molecule has 1 atom stereocenters. The zero-order chi connectivity index (χ0) is 17.4. The number of hydrogen-bond acceptors (Lipinski definition) is 3. The molecule has 1 N–H and O–H groups in total. The molecule has 1 aromatic carbocycles. The van der Waals surface area contributed by atoms with Gasteiger partial charge in [-0.05, 0) is 45.7 Å². The Morgan fingerprint density at radius 1 is 1.39 bits per heavy atom. The second kappa shape index (κ2) is 6.69. The monoisotopic (exact) mass is 403 g/mol. The van der Waals surface area contributed by atoms with E-state index in [4.69, 9.17) is 16.3 Å². The topological polar surface area (TPSA) is 66.8 Å². The molecule has 0 aromatic heterocycles. The Balaban J connectivity index is 2.40. The van der Waals surface area contributed by atoms with Crippen molar-refractivity contribution in [3.63, 3.8) is 0 Å². The number of ether oxygens (including phenoxy) is 1. The molecule has 0 heterocycles. The summed E-state index contributed by atoms with van der Waals surface area (Å²) in [6, 6.07) is 3.64. The molecule has 1 unspecified atom stereocenters. The summed E-state index contributed by atoms with van der Waals surface area (Å²) in [5.74, 6) is -1.13. The summed E-state index contributed by atoms with van der Waals surface area (Å²) < 4.78 is 6.13. The van der Waals surface area contributed by atoms with E-state index in [9.17, 15) is 14.7 Å². The van der Waals surface area contributed by atoms with Gasteiger partial charge in [0.25, 0.3) is 0 Å². The fourth-order valence-corrected chi connectivity index (χ4v) is 3.03. The van der Waals surface area contributed by atoms with Crippen molar-refractivity contribution in [3.05, 3.63) is 33.3 Å². The van der Waals surface area contributed by atoms with E-state index in [1.807, 2.05) is 0 Å². The smallest absolute Gasteiger partial charge is 0.411 e. The lowest BCUT2D eigenvalue weighted by atomic mass is 10.1. The first-order valence-electron chi connectivity index (χ1n) is 7.29. The van der Waals surface area contributed by atoms with Gasteiger partial charge in [-0.25, -0.2) is 9.59 Å². The van der Waals surface area contributed by atoms with Gasteiger partial charge in [0.2, 0.25) is 0 Å². The first-order valence-corrected chi connectivity index (χ1v) is 8.46. The van der Waals surface area contributed by atoms with E-state index in [1.165, 1.54) is 4.90 Å². The fourth-order valence-electron chi connectivity index (χ4n) is 2.26. The zero-order valence-corrected chi connectivity index (χ0v) is 15.5. The Bertz CT molecular complexity index is 625. The van der Waals surface area contributed by atoms with Gasteiger partial charge >= 0.3 is 12.1 Å². The third-order valence-electron chi connectivity index (χ3n) is 3.31. The minimum absolute atomic E-state index is 0.134. The third-order valence-corrected chi connectivity index (χ3v) is 4.13. The van der Waals surface area contributed by atoms with E-state index in [2.05, 4.69) is 15.9 Å². The molecule has 1 fully saturated rings. The number of carbonyl (C=O) groups is 2. The maximum atomic E-state index is 12.5. The molecule has 1 aliphatic carbocycles. The van der Waals surface area contributed by atoms with Crippen LogP contribution in [0.4, 0.5) is 4.79 Å².